The van der Waals surface area contributed by atoms with Gasteiger partial charge in [0.05, 0.1) is 17.1 Å². The molecule has 3 N–H and O–H groups in total. The molecule has 14 heteroatoms. The molecule has 5 heterocycles. The minimum atomic E-state index is -0.872. The number of carbonyl (C=O) groups excluding carboxylic acids is 4. The Balaban J connectivity index is 1.35. The maximum absolute atomic E-state index is 14.2. The van der Waals surface area contributed by atoms with Gasteiger partial charge in [-0.3, -0.25) is 24.2 Å². The molecule has 1 fully saturated rings. The predicted octanol–water partition coefficient (Wildman–Crippen LogP) is 2.90. The van der Waals surface area contributed by atoms with Crippen molar-refractivity contribution in [2.75, 3.05) is 12.3 Å². The molecule has 12 nitrogen and oxygen atoms in total. The van der Waals surface area contributed by atoms with Crippen molar-refractivity contribution in [3.8, 4) is 0 Å². The Morgan fingerprint density at radius 3 is 2.60 bits per heavy atom. The number of benzene rings is 1. The number of amides is 4. The first-order valence-electron chi connectivity index (χ1n) is 16.3. The molecular weight excluding hydrogens is 639 g/mol. The number of hydrogen-bond acceptors (Lipinski definition) is 10. The summed E-state index contributed by atoms with van der Waals surface area (Å²) in [5.74, 6) is -0.360. The number of thioether (sulfide) groups is 1. The first-order chi connectivity index (χ1) is 22.6. The predicted molar refractivity (Wildman–Crippen MR) is 182 cm³/mol. The Morgan fingerprint density at radius 2 is 1.83 bits per heavy atom. The second kappa shape index (κ2) is 14.1. The van der Waals surface area contributed by atoms with Crippen LogP contribution in [0.3, 0.4) is 0 Å². The van der Waals surface area contributed by atoms with Gasteiger partial charge in [-0.2, -0.15) is 0 Å². The van der Waals surface area contributed by atoms with Crippen LogP contribution in [0.2, 0.25) is 0 Å². The summed E-state index contributed by atoms with van der Waals surface area (Å²) in [5, 5.41) is 12.0. The number of aromatic nitrogens is 1. The fourth-order valence-electron chi connectivity index (χ4n) is 6.31. The molecule has 1 aromatic carbocycles. The first-order valence-corrected chi connectivity index (χ1v) is 18.2. The Hall–Kier alpha value is -3.78. The summed E-state index contributed by atoms with van der Waals surface area (Å²) >= 11 is 2.75. The zero-order valence-electron chi connectivity index (χ0n) is 27.0. The van der Waals surface area contributed by atoms with Crippen LogP contribution >= 0.6 is 23.1 Å². The van der Waals surface area contributed by atoms with Gasteiger partial charge in [-0.05, 0) is 38.2 Å². The van der Waals surface area contributed by atoms with Crippen LogP contribution in [0, 0.1) is 5.92 Å². The van der Waals surface area contributed by atoms with E-state index < -0.39 is 42.2 Å². The van der Waals surface area contributed by atoms with E-state index in [1.54, 1.807) is 10.3 Å². The number of hydrogen-bond donors (Lipinski definition) is 3. The van der Waals surface area contributed by atoms with Crippen LogP contribution in [0.25, 0.3) is 0 Å². The number of nitrogens with zero attached hydrogens (tertiary/aromatic N) is 4. The molecule has 0 radical (unpaired) electrons. The Kier molecular flexibility index (Phi) is 9.97. The topological polar surface area (TPSA) is 154 Å². The van der Waals surface area contributed by atoms with Crippen molar-refractivity contribution in [3.63, 3.8) is 0 Å². The normalized spacial score (nSPS) is 30.6. The molecule has 4 amide bonds. The molecule has 6 bridgehead atoms. The van der Waals surface area contributed by atoms with Crippen LogP contribution < -0.4 is 16.0 Å². The second-order valence-corrected chi connectivity index (χ2v) is 14.5. The summed E-state index contributed by atoms with van der Waals surface area (Å²) in [5.41, 5.74) is 1.08. The van der Waals surface area contributed by atoms with Crippen LogP contribution in [0.15, 0.2) is 45.7 Å². The van der Waals surface area contributed by atoms with E-state index in [0.717, 1.165) is 18.4 Å². The molecule has 2 aromatic rings. The van der Waals surface area contributed by atoms with E-state index in [1.807, 2.05) is 44.2 Å². The van der Waals surface area contributed by atoms with E-state index in [-0.39, 0.29) is 41.8 Å². The SMILES string of the molecule is CC[C@@H](C)[C@H]1NC(=O)[C@H]2N=C(O[C@@H]2C)[C@@H]2CCCN2C(=O)[C@H](Cc2ccccc2)NC(=O)c2csc(n2)[C@@H](C)NC(=O)[C@@H]2CSC1=N2. The third-order valence-electron chi connectivity index (χ3n) is 9.23. The lowest BCUT2D eigenvalue weighted by atomic mass is 9.99. The van der Waals surface area contributed by atoms with Crippen LogP contribution in [0.5, 0.6) is 0 Å². The van der Waals surface area contributed by atoms with E-state index in [4.69, 9.17) is 14.7 Å². The van der Waals surface area contributed by atoms with Gasteiger partial charge < -0.3 is 25.6 Å². The fraction of sp³-hybridized carbons (Fsp3) is 0.545. The van der Waals surface area contributed by atoms with Crippen LogP contribution in [0.4, 0.5) is 0 Å². The second-order valence-electron chi connectivity index (χ2n) is 12.6. The highest BCUT2D eigenvalue weighted by Gasteiger charge is 2.44. The van der Waals surface area contributed by atoms with Crippen molar-refractivity contribution in [2.45, 2.75) is 95.7 Å². The fourth-order valence-corrected chi connectivity index (χ4v) is 8.35. The molecule has 250 valence electrons. The molecule has 8 atom stereocenters. The third kappa shape index (κ3) is 7.08. The van der Waals surface area contributed by atoms with E-state index in [0.29, 0.717) is 34.7 Å². The maximum atomic E-state index is 14.2. The highest BCUT2D eigenvalue weighted by atomic mass is 32.2. The molecule has 6 rings (SSSR count). The summed E-state index contributed by atoms with van der Waals surface area (Å²) in [6.07, 6.45) is 1.92. The van der Waals surface area contributed by atoms with Crippen LogP contribution in [-0.2, 0) is 25.5 Å². The zero-order valence-corrected chi connectivity index (χ0v) is 28.6. The number of carbonyl (C=O) groups is 4. The van der Waals surface area contributed by atoms with Crippen LogP contribution in [0.1, 0.15) is 74.1 Å². The average molecular weight is 680 g/mol. The number of rotatable bonds is 4. The van der Waals surface area contributed by atoms with Gasteiger partial charge in [0, 0.05) is 24.1 Å². The Morgan fingerprint density at radius 1 is 1.04 bits per heavy atom. The molecule has 0 unspecified atom stereocenters. The minimum absolute atomic E-state index is 0.0666. The molecule has 0 spiro atoms. The number of fused-ring (bicyclic) bond motifs is 6. The van der Waals surface area contributed by atoms with Crippen molar-refractivity contribution >= 4 is 57.7 Å². The monoisotopic (exact) mass is 679 g/mol. The lowest BCUT2D eigenvalue weighted by Crippen LogP contribution is -2.52. The van der Waals surface area contributed by atoms with Gasteiger partial charge in [-0.15, -0.1) is 23.1 Å². The van der Waals surface area contributed by atoms with Crippen LogP contribution in [-0.4, -0.2) is 93.1 Å². The third-order valence-corrected chi connectivity index (χ3v) is 11.4. The van der Waals surface area contributed by atoms with Crippen molar-refractivity contribution in [1.82, 2.24) is 25.8 Å². The van der Waals surface area contributed by atoms with E-state index in [1.165, 1.54) is 23.1 Å². The summed E-state index contributed by atoms with van der Waals surface area (Å²) in [7, 11) is 0. The van der Waals surface area contributed by atoms with Gasteiger partial charge in [0.2, 0.25) is 23.6 Å². The molecular formula is C33H41N7O5S2. The lowest BCUT2D eigenvalue weighted by Gasteiger charge is -2.29. The summed E-state index contributed by atoms with van der Waals surface area (Å²) in [6, 6.07) is 5.96. The van der Waals surface area contributed by atoms with Gasteiger partial charge in [0.1, 0.15) is 34.9 Å². The molecule has 0 aliphatic carbocycles. The highest BCUT2D eigenvalue weighted by molar-refractivity contribution is 8.14. The minimum Gasteiger partial charge on any atom is -0.474 e. The lowest BCUT2D eigenvalue weighted by molar-refractivity contribution is -0.133. The first kappa shape index (κ1) is 33.1. The smallest absolute Gasteiger partial charge is 0.271 e. The van der Waals surface area contributed by atoms with Gasteiger partial charge in [-0.25, -0.2) is 9.98 Å². The maximum Gasteiger partial charge on any atom is 0.271 e. The number of ether oxygens (including phenoxy) is 1. The van der Waals surface area contributed by atoms with E-state index in [9.17, 15) is 19.2 Å². The largest absolute Gasteiger partial charge is 0.474 e. The number of thiazole rings is 1. The summed E-state index contributed by atoms with van der Waals surface area (Å²) < 4.78 is 6.18. The van der Waals surface area contributed by atoms with Crippen molar-refractivity contribution in [2.24, 2.45) is 15.9 Å². The molecule has 4 aliphatic rings. The molecule has 47 heavy (non-hydrogen) atoms. The molecule has 1 saturated heterocycles. The molecule has 0 saturated carbocycles. The molecule has 1 aromatic heterocycles. The van der Waals surface area contributed by atoms with Gasteiger partial charge in [0.15, 0.2) is 6.04 Å². The van der Waals surface area contributed by atoms with Gasteiger partial charge in [-0.1, -0.05) is 50.6 Å². The van der Waals surface area contributed by atoms with Gasteiger partial charge in [0.25, 0.3) is 5.91 Å². The van der Waals surface area contributed by atoms with E-state index >= 15 is 0 Å². The number of aliphatic imine (C=N–C) groups is 2. The average Bonchev–Trinajstić information content (AvgIpc) is 3.89. The van der Waals surface area contributed by atoms with E-state index in [2.05, 4.69) is 34.8 Å². The quantitative estimate of drug-likeness (QED) is 0.449. The van der Waals surface area contributed by atoms with Gasteiger partial charge >= 0.3 is 0 Å². The highest BCUT2D eigenvalue weighted by Crippen LogP contribution is 2.29. The number of nitrogens with one attached hydrogen (secondary N) is 3. The summed E-state index contributed by atoms with van der Waals surface area (Å²) in [6.45, 7) is 8.21. The van der Waals surface area contributed by atoms with Crippen molar-refractivity contribution in [3.05, 3.63) is 52.0 Å². The molecule has 4 aliphatic heterocycles. The summed E-state index contributed by atoms with van der Waals surface area (Å²) in [4.78, 5) is 70.6. The standard InChI is InChI=1S/C33H41N7O5S2/c1-5-17(2)25-32-37-22(16-47-32)27(41)34-18(3)31-36-23(15-46-31)28(42)35-21(14-20-10-7-6-8-11-20)33(44)40-13-9-12-24(40)30-39-26(19(4)45-30)29(43)38-25/h6-8,10-11,15,17-19,21-22,24-26H,5,9,12-14,16H2,1-4H3,(H,34,41)(H,35,42)(H,38,43)/t17-,18-,19-,21+,22+,24+,25-,26+/m1/s1. The Labute approximate surface area is 282 Å². The van der Waals surface area contributed by atoms with Crippen molar-refractivity contribution in [1.29, 1.82) is 0 Å². The zero-order chi connectivity index (χ0) is 33.2. The Bertz CT molecular complexity index is 1580. The van der Waals surface area contributed by atoms with Crippen molar-refractivity contribution < 1.29 is 23.9 Å².